The van der Waals surface area contributed by atoms with Gasteiger partial charge < -0.3 is 4.57 Å². The maximum absolute atomic E-state index is 4.82. The summed E-state index contributed by atoms with van der Waals surface area (Å²) in [4.78, 5) is 14.2. The number of pyridine rings is 1. The molecule has 0 fully saturated rings. The molecule has 0 unspecified atom stereocenters. The summed E-state index contributed by atoms with van der Waals surface area (Å²) in [5, 5.41) is 1.08. The molecule has 0 N–H and O–H groups in total. The third-order valence-corrected chi connectivity index (χ3v) is 4.29. The number of aromatic nitrogens is 4. The van der Waals surface area contributed by atoms with E-state index < -0.39 is 0 Å². The van der Waals surface area contributed by atoms with Gasteiger partial charge >= 0.3 is 0 Å². The Morgan fingerprint density at radius 2 is 1.54 bits per heavy atom. The number of para-hydroxylation sites is 1. The van der Waals surface area contributed by atoms with Crippen molar-refractivity contribution in [1.29, 1.82) is 0 Å². The van der Waals surface area contributed by atoms with Crippen LogP contribution < -0.4 is 0 Å². The number of rotatable bonds is 2. The summed E-state index contributed by atoms with van der Waals surface area (Å²) in [6.07, 6.45) is 1.81. The van der Waals surface area contributed by atoms with E-state index in [2.05, 4.69) is 39.9 Å². The molecule has 0 bridgehead atoms. The van der Waals surface area contributed by atoms with Gasteiger partial charge in [0.15, 0.2) is 11.5 Å². The van der Waals surface area contributed by atoms with Crippen LogP contribution in [0, 0.1) is 0 Å². The first-order valence-electron chi connectivity index (χ1n) is 7.94. The van der Waals surface area contributed by atoms with Crippen molar-refractivity contribution in [2.45, 2.75) is 6.54 Å². The summed E-state index contributed by atoms with van der Waals surface area (Å²) in [7, 11) is 0. The molecule has 3 heterocycles. The van der Waals surface area contributed by atoms with Crippen molar-refractivity contribution in [3.8, 4) is 11.5 Å². The van der Waals surface area contributed by atoms with Gasteiger partial charge in [0.25, 0.3) is 0 Å². The van der Waals surface area contributed by atoms with E-state index in [1.807, 2.05) is 36.4 Å². The van der Waals surface area contributed by atoms with Gasteiger partial charge in [0.1, 0.15) is 11.2 Å². The molecule has 5 rings (SSSR count). The van der Waals surface area contributed by atoms with Gasteiger partial charge in [-0.25, -0.2) is 15.0 Å². The lowest BCUT2D eigenvalue weighted by molar-refractivity contribution is 0.803. The number of fused-ring (bicyclic) bond motifs is 4. The molecule has 0 atom stereocenters. The first-order valence-corrected chi connectivity index (χ1v) is 7.94. The second-order valence-electron chi connectivity index (χ2n) is 5.83. The first kappa shape index (κ1) is 13.2. The lowest BCUT2D eigenvalue weighted by Crippen LogP contribution is -2.09. The van der Waals surface area contributed by atoms with E-state index in [4.69, 9.17) is 9.97 Å². The highest BCUT2D eigenvalue weighted by Gasteiger charge is 2.19. The fourth-order valence-electron chi connectivity index (χ4n) is 3.18. The Bertz CT molecular complexity index is 1130. The topological polar surface area (TPSA) is 43.6 Å². The van der Waals surface area contributed by atoms with Crippen molar-refractivity contribution in [2.24, 2.45) is 0 Å². The average Bonchev–Trinajstić information content (AvgIpc) is 3.01. The van der Waals surface area contributed by atoms with Gasteiger partial charge in [0.2, 0.25) is 0 Å². The Morgan fingerprint density at radius 3 is 2.46 bits per heavy atom. The molecule has 2 aliphatic heterocycles. The Labute approximate surface area is 138 Å². The SMILES string of the molecule is c1ccc(Cn2c3nc4ccccc4c-3nc3cccnc32)cc1. The number of hydrogen-bond donors (Lipinski definition) is 0. The minimum Gasteiger partial charge on any atom is -0.303 e. The van der Waals surface area contributed by atoms with Gasteiger partial charge in [-0.05, 0) is 23.8 Å². The molecule has 4 heteroatoms. The minimum absolute atomic E-state index is 0.719. The normalized spacial score (nSPS) is 11.5. The molecule has 4 nitrogen and oxygen atoms in total. The molecule has 2 aliphatic rings. The highest BCUT2D eigenvalue weighted by atomic mass is 15.1. The summed E-state index contributed by atoms with van der Waals surface area (Å²) >= 11 is 0. The van der Waals surface area contributed by atoms with E-state index in [-0.39, 0.29) is 0 Å². The molecule has 0 saturated heterocycles. The minimum atomic E-state index is 0.719. The molecular formula is C20H14N4. The van der Waals surface area contributed by atoms with Crippen LogP contribution in [0.2, 0.25) is 0 Å². The monoisotopic (exact) mass is 310 g/mol. The van der Waals surface area contributed by atoms with Crippen molar-refractivity contribution in [3.05, 3.63) is 78.5 Å². The molecule has 2 aromatic carbocycles. The summed E-state index contributed by atoms with van der Waals surface area (Å²) < 4.78 is 2.16. The fraction of sp³-hybridized carbons (Fsp3) is 0.0500. The first-order chi connectivity index (χ1) is 11.9. The van der Waals surface area contributed by atoms with Crippen LogP contribution in [-0.4, -0.2) is 19.5 Å². The van der Waals surface area contributed by atoms with E-state index in [0.29, 0.717) is 0 Å². The quantitative estimate of drug-likeness (QED) is 0.492. The zero-order chi connectivity index (χ0) is 15.9. The molecule has 24 heavy (non-hydrogen) atoms. The molecule has 0 aliphatic carbocycles. The second-order valence-corrected chi connectivity index (χ2v) is 5.83. The smallest absolute Gasteiger partial charge is 0.161 e. The molecular weight excluding hydrogens is 296 g/mol. The Hall–Kier alpha value is -3.27. The second kappa shape index (κ2) is 5.13. The highest BCUT2D eigenvalue weighted by molar-refractivity contribution is 5.96. The van der Waals surface area contributed by atoms with Crippen LogP contribution in [0.5, 0.6) is 0 Å². The van der Waals surface area contributed by atoms with Crippen LogP contribution in [0.15, 0.2) is 72.9 Å². The Balaban J connectivity index is 1.86. The Morgan fingerprint density at radius 1 is 0.750 bits per heavy atom. The van der Waals surface area contributed by atoms with Crippen molar-refractivity contribution < 1.29 is 0 Å². The van der Waals surface area contributed by atoms with Crippen LogP contribution in [0.25, 0.3) is 33.6 Å². The van der Waals surface area contributed by atoms with Crippen LogP contribution >= 0.6 is 0 Å². The number of benzene rings is 2. The van der Waals surface area contributed by atoms with E-state index >= 15 is 0 Å². The number of hydrogen-bond acceptors (Lipinski definition) is 3. The van der Waals surface area contributed by atoms with Gasteiger partial charge in [-0.2, -0.15) is 0 Å². The summed E-state index contributed by atoms with van der Waals surface area (Å²) in [6.45, 7) is 0.719. The zero-order valence-corrected chi connectivity index (χ0v) is 12.9. The lowest BCUT2D eigenvalue weighted by Gasteiger charge is -2.14. The maximum atomic E-state index is 4.82. The molecule has 0 radical (unpaired) electrons. The van der Waals surface area contributed by atoms with Crippen LogP contribution in [0.4, 0.5) is 0 Å². The Kier molecular flexibility index (Phi) is 2.82. The summed E-state index contributed by atoms with van der Waals surface area (Å²) in [5.41, 5.74) is 4.86. The van der Waals surface area contributed by atoms with Gasteiger partial charge in [0, 0.05) is 11.6 Å². The molecule has 114 valence electrons. The predicted octanol–water partition coefficient (Wildman–Crippen LogP) is 4.13. The highest BCUT2D eigenvalue weighted by Crippen LogP contribution is 2.31. The molecule has 3 aromatic rings. The van der Waals surface area contributed by atoms with E-state index in [9.17, 15) is 0 Å². The summed E-state index contributed by atoms with van der Waals surface area (Å²) in [5.74, 6) is 0.881. The van der Waals surface area contributed by atoms with Gasteiger partial charge in [-0.15, -0.1) is 0 Å². The van der Waals surface area contributed by atoms with Crippen LogP contribution in [-0.2, 0) is 6.54 Å². The van der Waals surface area contributed by atoms with Crippen molar-refractivity contribution in [2.75, 3.05) is 0 Å². The third kappa shape index (κ3) is 1.97. The molecule has 0 saturated carbocycles. The van der Waals surface area contributed by atoms with E-state index in [1.165, 1.54) is 5.56 Å². The molecule has 0 amide bonds. The standard InChI is InChI=1S/C20H14N4/c1-2-7-14(8-3-1)13-24-19-17(11-6-12-21-19)22-18-15-9-4-5-10-16(15)23-20(18)24/h1-12H,13H2. The van der Waals surface area contributed by atoms with Crippen LogP contribution in [0.1, 0.15) is 5.56 Å². The van der Waals surface area contributed by atoms with Gasteiger partial charge in [-0.3, -0.25) is 0 Å². The van der Waals surface area contributed by atoms with Crippen molar-refractivity contribution in [1.82, 2.24) is 19.5 Å². The molecule has 0 spiro atoms. The molecule has 1 aromatic heterocycles. The van der Waals surface area contributed by atoms with Gasteiger partial charge in [-0.1, -0.05) is 48.5 Å². The average molecular weight is 310 g/mol. The fourth-order valence-corrected chi connectivity index (χ4v) is 3.18. The van der Waals surface area contributed by atoms with Crippen molar-refractivity contribution >= 4 is 22.1 Å². The van der Waals surface area contributed by atoms with E-state index in [1.54, 1.807) is 6.20 Å². The van der Waals surface area contributed by atoms with Crippen molar-refractivity contribution in [3.63, 3.8) is 0 Å². The zero-order valence-electron chi connectivity index (χ0n) is 12.9. The lowest BCUT2D eigenvalue weighted by atomic mass is 10.2. The maximum Gasteiger partial charge on any atom is 0.161 e. The van der Waals surface area contributed by atoms with Crippen LogP contribution in [0.3, 0.4) is 0 Å². The largest absolute Gasteiger partial charge is 0.303 e. The third-order valence-electron chi connectivity index (χ3n) is 4.29. The predicted molar refractivity (Wildman–Crippen MR) is 95.0 cm³/mol. The number of nitrogens with zero attached hydrogens (tertiary/aromatic N) is 4. The van der Waals surface area contributed by atoms with Gasteiger partial charge in [0.05, 0.1) is 12.1 Å². The summed E-state index contributed by atoms with van der Waals surface area (Å²) in [6, 6.07) is 22.5. The van der Waals surface area contributed by atoms with E-state index in [0.717, 1.165) is 40.1 Å².